The molecule has 136 valence electrons. The Morgan fingerprint density at radius 1 is 1.11 bits per heavy atom. The van der Waals surface area contributed by atoms with E-state index in [0.29, 0.717) is 16.9 Å². The van der Waals surface area contributed by atoms with E-state index in [2.05, 4.69) is 27.3 Å². The smallest absolute Gasteiger partial charge is 0.359 e. The molecule has 0 saturated carbocycles. The Hall–Kier alpha value is -3.64. The minimum Gasteiger partial charge on any atom is -0.476 e. The van der Waals surface area contributed by atoms with E-state index in [1.54, 1.807) is 36.4 Å². The Morgan fingerprint density at radius 3 is 2.44 bits per heavy atom. The second-order valence-electron chi connectivity index (χ2n) is 5.48. The van der Waals surface area contributed by atoms with Crippen molar-refractivity contribution in [3.8, 4) is 23.5 Å². The van der Waals surface area contributed by atoms with Gasteiger partial charge in [0.1, 0.15) is 5.75 Å². The van der Waals surface area contributed by atoms with Gasteiger partial charge >= 0.3 is 5.97 Å². The molecule has 3 rings (SSSR count). The number of carbonyl (C=O) groups is 1. The summed E-state index contributed by atoms with van der Waals surface area (Å²) in [5, 5.41) is 18.3. The summed E-state index contributed by atoms with van der Waals surface area (Å²) < 4.78 is 28.7. The summed E-state index contributed by atoms with van der Waals surface area (Å²) >= 11 is 0. The van der Waals surface area contributed by atoms with Gasteiger partial charge in [-0.05, 0) is 36.4 Å². The summed E-state index contributed by atoms with van der Waals surface area (Å²) in [6, 6.07) is 13.0. The number of carboxylic acids is 1. The van der Waals surface area contributed by atoms with E-state index in [1.165, 1.54) is 12.1 Å². The molecule has 0 radical (unpaired) electrons. The molecule has 0 atom stereocenters. The van der Waals surface area contributed by atoms with Gasteiger partial charge < -0.3 is 9.84 Å². The summed E-state index contributed by atoms with van der Waals surface area (Å²) in [6.07, 6.45) is 1.13. The second-order valence-corrected chi connectivity index (χ2v) is 7.49. The minimum atomic E-state index is -3.31. The van der Waals surface area contributed by atoms with E-state index in [1.807, 2.05) is 0 Å². The van der Waals surface area contributed by atoms with Gasteiger partial charge in [0.25, 0.3) is 5.88 Å². The van der Waals surface area contributed by atoms with Crippen LogP contribution in [0.4, 0.5) is 0 Å². The summed E-state index contributed by atoms with van der Waals surface area (Å²) in [5.74, 6) is 4.74. The molecule has 1 aromatic heterocycles. The number of sulfone groups is 1. The highest BCUT2D eigenvalue weighted by Gasteiger charge is 2.16. The molecule has 9 heteroatoms. The van der Waals surface area contributed by atoms with Crippen LogP contribution in [0.3, 0.4) is 0 Å². The number of hydrogen-bond donors (Lipinski definition) is 2. The van der Waals surface area contributed by atoms with Crippen molar-refractivity contribution in [1.82, 2.24) is 15.4 Å². The topological polar surface area (TPSA) is 122 Å². The van der Waals surface area contributed by atoms with Gasteiger partial charge in [-0.15, -0.1) is 0 Å². The molecule has 0 aliphatic carbocycles. The van der Waals surface area contributed by atoms with Crippen molar-refractivity contribution in [3.63, 3.8) is 0 Å². The number of rotatable bonds is 4. The molecule has 2 aromatic carbocycles. The Bertz CT molecular complexity index is 1170. The van der Waals surface area contributed by atoms with Gasteiger partial charge in [-0.2, -0.15) is 0 Å². The maximum absolute atomic E-state index is 11.6. The van der Waals surface area contributed by atoms with Crippen molar-refractivity contribution in [2.24, 2.45) is 0 Å². The van der Waals surface area contributed by atoms with Crippen molar-refractivity contribution in [2.75, 3.05) is 6.26 Å². The predicted molar refractivity (Wildman–Crippen MR) is 95.4 cm³/mol. The number of benzene rings is 2. The first-order valence-corrected chi connectivity index (χ1v) is 9.46. The van der Waals surface area contributed by atoms with Crippen molar-refractivity contribution in [2.45, 2.75) is 4.90 Å². The van der Waals surface area contributed by atoms with Gasteiger partial charge in [-0.25, -0.2) is 18.3 Å². The van der Waals surface area contributed by atoms with Gasteiger partial charge in [0, 0.05) is 17.4 Å². The first-order chi connectivity index (χ1) is 12.8. The summed E-state index contributed by atoms with van der Waals surface area (Å²) in [6.45, 7) is 0. The zero-order valence-electron chi connectivity index (χ0n) is 14.0. The van der Waals surface area contributed by atoms with Crippen LogP contribution in [0, 0.1) is 11.8 Å². The number of H-pyrrole nitrogens is 1. The molecular formula is C18H13N3O5S. The molecule has 0 bridgehead atoms. The summed E-state index contributed by atoms with van der Waals surface area (Å²) in [4.78, 5) is 11.2. The number of ether oxygens (including phenoxy) is 1. The van der Waals surface area contributed by atoms with Crippen LogP contribution < -0.4 is 4.74 Å². The largest absolute Gasteiger partial charge is 0.476 e. The van der Waals surface area contributed by atoms with Gasteiger partial charge in [0.05, 0.1) is 4.90 Å². The molecule has 0 fully saturated rings. The zero-order valence-corrected chi connectivity index (χ0v) is 14.8. The molecule has 0 aliphatic rings. The lowest BCUT2D eigenvalue weighted by Crippen LogP contribution is -1.99. The van der Waals surface area contributed by atoms with E-state index in [-0.39, 0.29) is 16.5 Å². The van der Waals surface area contributed by atoms with Crippen LogP contribution in [-0.4, -0.2) is 41.2 Å². The van der Waals surface area contributed by atoms with E-state index >= 15 is 0 Å². The van der Waals surface area contributed by atoms with Gasteiger partial charge in [-0.3, -0.25) is 0 Å². The van der Waals surface area contributed by atoms with Crippen LogP contribution in [-0.2, 0) is 9.84 Å². The van der Waals surface area contributed by atoms with Gasteiger partial charge in [0.2, 0.25) is 5.69 Å². The van der Waals surface area contributed by atoms with Crippen LogP contribution in [0.1, 0.15) is 21.6 Å². The molecule has 8 nitrogen and oxygen atoms in total. The number of hydrogen-bond acceptors (Lipinski definition) is 6. The highest BCUT2D eigenvalue weighted by molar-refractivity contribution is 7.90. The first-order valence-electron chi connectivity index (χ1n) is 7.57. The Morgan fingerprint density at radius 2 is 1.78 bits per heavy atom. The van der Waals surface area contributed by atoms with Crippen molar-refractivity contribution < 1.29 is 23.1 Å². The normalized spacial score (nSPS) is 10.7. The number of aromatic carboxylic acids is 1. The van der Waals surface area contributed by atoms with Crippen LogP contribution in [0.25, 0.3) is 0 Å². The highest BCUT2D eigenvalue weighted by atomic mass is 32.2. The number of aromatic amines is 1. The first kappa shape index (κ1) is 18.2. The summed E-state index contributed by atoms with van der Waals surface area (Å²) in [5.41, 5.74) is 0.885. The average molecular weight is 383 g/mol. The average Bonchev–Trinajstić information content (AvgIpc) is 3.08. The highest BCUT2D eigenvalue weighted by Crippen LogP contribution is 2.22. The molecule has 0 spiro atoms. The minimum absolute atomic E-state index is 0.159. The van der Waals surface area contributed by atoms with E-state index in [4.69, 9.17) is 9.84 Å². The lowest BCUT2D eigenvalue weighted by molar-refractivity contribution is 0.0687. The molecule has 1 heterocycles. The third-order valence-corrected chi connectivity index (χ3v) is 4.50. The lowest BCUT2D eigenvalue weighted by atomic mass is 10.2. The van der Waals surface area contributed by atoms with Gasteiger partial charge in [0.15, 0.2) is 9.84 Å². The SMILES string of the molecule is CS(=O)(=O)c1cccc(C#Cc2cccc(Oc3nn[nH]c3C(=O)O)c2)c1. The fraction of sp³-hybridized carbons (Fsp3) is 0.0556. The number of nitrogens with one attached hydrogen (secondary N) is 1. The predicted octanol–water partition coefficient (Wildman–Crippen LogP) is 2.10. The molecule has 0 aliphatic heterocycles. The van der Waals surface area contributed by atoms with E-state index < -0.39 is 15.8 Å². The lowest BCUT2D eigenvalue weighted by Gasteiger charge is -2.03. The number of aromatic nitrogens is 3. The third kappa shape index (κ3) is 4.50. The molecular weight excluding hydrogens is 370 g/mol. The number of carboxylic acid groups (broad SMARTS) is 1. The van der Waals surface area contributed by atoms with Crippen LogP contribution in [0.2, 0.25) is 0 Å². The Kier molecular flexibility index (Phi) is 4.92. The second kappa shape index (κ2) is 7.31. The molecule has 0 amide bonds. The third-order valence-electron chi connectivity index (χ3n) is 3.39. The monoisotopic (exact) mass is 383 g/mol. The molecule has 0 unspecified atom stereocenters. The van der Waals surface area contributed by atoms with E-state index in [9.17, 15) is 13.2 Å². The van der Waals surface area contributed by atoms with Crippen LogP contribution >= 0.6 is 0 Å². The molecule has 2 N–H and O–H groups in total. The maximum atomic E-state index is 11.6. The van der Waals surface area contributed by atoms with Crippen LogP contribution in [0.15, 0.2) is 53.4 Å². The molecule has 3 aromatic rings. The Balaban J connectivity index is 1.84. The molecule has 0 saturated heterocycles. The Labute approximate surface area is 154 Å². The van der Waals surface area contributed by atoms with Crippen molar-refractivity contribution in [1.29, 1.82) is 0 Å². The van der Waals surface area contributed by atoms with Crippen molar-refractivity contribution in [3.05, 3.63) is 65.4 Å². The quantitative estimate of drug-likeness (QED) is 0.662. The fourth-order valence-electron chi connectivity index (χ4n) is 2.13. The summed E-state index contributed by atoms with van der Waals surface area (Å²) in [7, 11) is -3.31. The zero-order chi connectivity index (χ0) is 19.4. The van der Waals surface area contributed by atoms with Crippen LogP contribution in [0.5, 0.6) is 11.6 Å². The maximum Gasteiger partial charge on any atom is 0.359 e. The standard InChI is InChI=1S/C18H13N3O5S/c1-27(24,25)15-7-3-5-13(11-15)9-8-12-4-2-6-14(10-12)26-17-16(18(22)23)19-21-20-17/h2-7,10-11H,1H3,(H,22,23)(H,19,20,21). The molecule has 27 heavy (non-hydrogen) atoms. The fourth-order valence-corrected chi connectivity index (χ4v) is 2.79. The van der Waals surface area contributed by atoms with Crippen molar-refractivity contribution >= 4 is 15.8 Å². The van der Waals surface area contributed by atoms with Gasteiger partial charge in [-0.1, -0.05) is 34.3 Å². The number of nitrogens with zero attached hydrogens (tertiary/aromatic N) is 2. The van der Waals surface area contributed by atoms with E-state index in [0.717, 1.165) is 6.26 Å².